The second-order valence-corrected chi connectivity index (χ2v) is 7.74. The van der Waals surface area contributed by atoms with Gasteiger partial charge in [-0.05, 0) is 26.0 Å². The number of imidazole rings is 2. The molecule has 8 nitrogen and oxygen atoms in total. The van der Waals surface area contributed by atoms with Gasteiger partial charge in [-0.1, -0.05) is 11.6 Å². The maximum atomic E-state index is 13.9. The van der Waals surface area contributed by atoms with E-state index in [0.717, 1.165) is 17.3 Å². The topological polar surface area (TPSA) is 88.7 Å². The third-order valence-corrected chi connectivity index (χ3v) is 5.09. The van der Waals surface area contributed by atoms with E-state index in [9.17, 15) is 8.78 Å². The Kier molecular flexibility index (Phi) is 4.58. The fourth-order valence-electron chi connectivity index (χ4n) is 3.35. The summed E-state index contributed by atoms with van der Waals surface area (Å²) in [6, 6.07) is 4.38. The van der Waals surface area contributed by atoms with E-state index in [4.69, 9.17) is 11.6 Å². The van der Waals surface area contributed by atoms with Crippen molar-refractivity contribution < 1.29 is 8.78 Å². The minimum Gasteiger partial charge on any atom is -0.375 e. The summed E-state index contributed by atoms with van der Waals surface area (Å²) in [5.74, 6) is -1.48. The Morgan fingerprint density at radius 3 is 2.84 bits per heavy atom. The molecule has 5 rings (SSSR count). The molecule has 11 heteroatoms. The molecule has 0 aliphatic rings. The molecule has 0 aliphatic heterocycles. The molecule has 4 aromatic heterocycles. The zero-order valence-electron chi connectivity index (χ0n) is 16.6. The average Bonchev–Trinajstić information content (AvgIpc) is 3.46. The number of nitrogens with one attached hydrogen (secondary N) is 2. The molecule has 0 aliphatic carbocycles. The Bertz CT molecular complexity index is 1420. The standard InChI is InChI=1S/C20H17ClF2N8/c1-10(2)30-9-11(6-26-30)15-7-25-20-14(5-16(21)29-31(15)20)24-8-17-27-13-4-3-12(22)18(23)19(13)28-17/h3-7,9-10,24H,8H2,1-2H3,(H,27,28). The number of fused-ring (bicyclic) bond motifs is 2. The van der Waals surface area contributed by atoms with Gasteiger partial charge in [0.05, 0.1) is 35.8 Å². The van der Waals surface area contributed by atoms with Crippen molar-refractivity contribution in [2.45, 2.75) is 26.4 Å². The van der Waals surface area contributed by atoms with Crippen LogP contribution >= 0.6 is 11.6 Å². The van der Waals surface area contributed by atoms with Crippen LogP contribution in [0.5, 0.6) is 0 Å². The first-order chi connectivity index (χ1) is 14.9. The molecule has 0 spiro atoms. The normalized spacial score (nSPS) is 11.8. The van der Waals surface area contributed by atoms with Crippen LogP contribution in [0.3, 0.4) is 0 Å². The number of aromatic nitrogens is 7. The van der Waals surface area contributed by atoms with Crippen molar-refractivity contribution in [2.75, 3.05) is 5.32 Å². The van der Waals surface area contributed by atoms with Crippen molar-refractivity contribution in [1.29, 1.82) is 0 Å². The van der Waals surface area contributed by atoms with Gasteiger partial charge in [0.2, 0.25) is 0 Å². The second kappa shape index (κ2) is 7.31. The van der Waals surface area contributed by atoms with Gasteiger partial charge < -0.3 is 10.3 Å². The van der Waals surface area contributed by atoms with Gasteiger partial charge in [0, 0.05) is 23.9 Å². The quantitative estimate of drug-likeness (QED) is 0.415. The van der Waals surface area contributed by atoms with E-state index in [0.29, 0.717) is 22.7 Å². The highest BCUT2D eigenvalue weighted by Crippen LogP contribution is 2.27. The van der Waals surface area contributed by atoms with E-state index < -0.39 is 11.6 Å². The molecule has 0 saturated carbocycles. The molecule has 1 aromatic carbocycles. The van der Waals surface area contributed by atoms with Gasteiger partial charge in [0.15, 0.2) is 22.4 Å². The van der Waals surface area contributed by atoms with Crippen molar-refractivity contribution >= 4 is 34.0 Å². The number of nitrogens with zero attached hydrogens (tertiary/aromatic N) is 6. The van der Waals surface area contributed by atoms with E-state index in [-0.39, 0.29) is 23.3 Å². The minimum atomic E-state index is -0.978. The lowest BCUT2D eigenvalue weighted by atomic mass is 10.3. The first-order valence-corrected chi connectivity index (χ1v) is 9.94. The van der Waals surface area contributed by atoms with Gasteiger partial charge in [-0.15, -0.1) is 0 Å². The number of hydrogen-bond donors (Lipinski definition) is 2. The monoisotopic (exact) mass is 442 g/mol. The first-order valence-electron chi connectivity index (χ1n) is 9.56. The third-order valence-electron chi connectivity index (χ3n) is 4.91. The summed E-state index contributed by atoms with van der Waals surface area (Å²) in [7, 11) is 0. The number of rotatable bonds is 5. The number of hydrogen-bond acceptors (Lipinski definition) is 5. The summed E-state index contributed by atoms with van der Waals surface area (Å²) >= 11 is 6.24. The summed E-state index contributed by atoms with van der Waals surface area (Å²) in [6.07, 6.45) is 5.37. The maximum absolute atomic E-state index is 13.9. The zero-order valence-corrected chi connectivity index (χ0v) is 17.3. The molecule has 0 amide bonds. The molecule has 2 N–H and O–H groups in total. The summed E-state index contributed by atoms with van der Waals surface area (Å²) in [6.45, 7) is 4.31. The first kappa shape index (κ1) is 19.4. The van der Waals surface area contributed by atoms with Crippen molar-refractivity contribution in [3.63, 3.8) is 0 Å². The van der Waals surface area contributed by atoms with E-state index in [2.05, 4.69) is 30.5 Å². The summed E-state index contributed by atoms with van der Waals surface area (Å²) in [5.41, 5.74) is 3.16. The summed E-state index contributed by atoms with van der Waals surface area (Å²) in [5, 5.41) is 12.2. The van der Waals surface area contributed by atoms with E-state index in [1.807, 2.05) is 24.7 Å². The summed E-state index contributed by atoms with van der Waals surface area (Å²) < 4.78 is 30.8. The molecule has 0 unspecified atom stereocenters. The van der Waals surface area contributed by atoms with E-state index >= 15 is 0 Å². The molecule has 31 heavy (non-hydrogen) atoms. The fraction of sp³-hybridized carbons (Fsp3) is 0.200. The molecule has 0 saturated heterocycles. The van der Waals surface area contributed by atoms with Crippen molar-refractivity contribution in [3.8, 4) is 11.3 Å². The number of anilines is 1. The molecule has 0 fully saturated rings. The Morgan fingerprint density at radius 2 is 2.06 bits per heavy atom. The van der Waals surface area contributed by atoms with Crippen LogP contribution in [0.4, 0.5) is 14.5 Å². The molecule has 0 atom stereocenters. The molecule has 0 bridgehead atoms. The molecule has 0 radical (unpaired) electrons. The lowest BCUT2D eigenvalue weighted by Crippen LogP contribution is -2.05. The van der Waals surface area contributed by atoms with Crippen LogP contribution in [0.15, 0.2) is 36.8 Å². The lowest BCUT2D eigenvalue weighted by molar-refractivity contribution is 0.515. The minimum absolute atomic E-state index is 0.0417. The van der Waals surface area contributed by atoms with Crippen LogP contribution in [0.1, 0.15) is 25.7 Å². The van der Waals surface area contributed by atoms with Gasteiger partial charge in [0.1, 0.15) is 11.3 Å². The van der Waals surface area contributed by atoms with Crippen LogP contribution < -0.4 is 5.32 Å². The predicted octanol–water partition coefficient (Wildman–Crippen LogP) is 4.59. The van der Waals surface area contributed by atoms with Crippen LogP contribution in [-0.2, 0) is 6.54 Å². The van der Waals surface area contributed by atoms with Crippen molar-refractivity contribution in [1.82, 2.24) is 34.3 Å². The van der Waals surface area contributed by atoms with Gasteiger partial charge in [-0.2, -0.15) is 10.2 Å². The predicted molar refractivity (Wildman–Crippen MR) is 113 cm³/mol. The second-order valence-electron chi connectivity index (χ2n) is 7.36. The fourth-order valence-corrected chi connectivity index (χ4v) is 3.53. The van der Waals surface area contributed by atoms with Crippen LogP contribution in [0.2, 0.25) is 5.15 Å². The highest BCUT2D eigenvalue weighted by Gasteiger charge is 2.16. The number of halogens is 3. The smallest absolute Gasteiger partial charge is 0.186 e. The van der Waals surface area contributed by atoms with Crippen LogP contribution in [0, 0.1) is 11.6 Å². The van der Waals surface area contributed by atoms with Gasteiger partial charge in [0.25, 0.3) is 0 Å². The third kappa shape index (κ3) is 3.38. The number of H-pyrrole nitrogens is 1. The van der Waals surface area contributed by atoms with E-state index in [1.54, 1.807) is 23.0 Å². The van der Waals surface area contributed by atoms with Gasteiger partial charge in [-0.3, -0.25) is 4.68 Å². The van der Waals surface area contributed by atoms with E-state index in [1.165, 1.54) is 6.07 Å². The van der Waals surface area contributed by atoms with Gasteiger partial charge in [-0.25, -0.2) is 23.3 Å². The Morgan fingerprint density at radius 1 is 1.23 bits per heavy atom. The highest BCUT2D eigenvalue weighted by molar-refractivity contribution is 6.29. The number of aromatic amines is 1. The average molecular weight is 443 g/mol. The van der Waals surface area contributed by atoms with Crippen LogP contribution in [-0.4, -0.2) is 34.3 Å². The lowest BCUT2D eigenvalue weighted by Gasteiger charge is -2.07. The van der Waals surface area contributed by atoms with Gasteiger partial charge >= 0.3 is 0 Å². The maximum Gasteiger partial charge on any atom is 0.186 e. The zero-order chi connectivity index (χ0) is 21.7. The Labute approximate surface area is 179 Å². The molecular formula is C20H17ClF2N8. The number of benzene rings is 1. The van der Waals surface area contributed by atoms with Crippen LogP contribution in [0.25, 0.3) is 27.9 Å². The van der Waals surface area contributed by atoms with Crippen molar-refractivity contribution in [3.05, 3.63) is 59.4 Å². The Balaban J connectivity index is 1.48. The molecule has 4 heterocycles. The Hall–Kier alpha value is -3.53. The highest BCUT2D eigenvalue weighted by atomic mass is 35.5. The van der Waals surface area contributed by atoms with Crippen molar-refractivity contribution in [2.24, 2.45) is 0 Å². The molecule has 5 aromatic rings. The SMILES string of the molecule is CC(C)n1cc(-c2cnc3c(NCc4nc5c(F)c(F)ccc5[nH]4)cc(Cl)nn23)cn1. The largest absolute Gasteiger partial charge is 0.375 e. The summed E-state index contributed by atoms with van der Waals surface area (Å²) in [4.78, 5) is 11.6. The molecular weight excluding hydrogens is 426 g/mol. The molecule has 158 valence electrons.